The highest BCUT2D eigenvalue weighted by Gasteiger charge is 2.48. The van der Waals surface area contributed by atoms with Crippen LogP contribution in [0.2, 0.25) is 0 Å². The van der Waals surface area contributed by atoms with Crippen LogP contribution in [-0.2, 0) is 14.8 Å². The molecule has 0 bridgehead atoms. The monoisotopic (exact) mass is 442 g/mol. The van der Waals surface area contributed by atoms with Crippen LogP contribution in [-0.4, -0.2) is 65.2 Å². The molecule has 29 heavy (non-hydrogen) atoms. The summed E-state index contributed by atoms with van der Waals surface area (Å²) in [4.78, 5) is 12.2. The van der Waals surface area contributed by atoms with E-state index in [0.717, 1.165) is 4.31 Å². The summed E-state index contributed by atoms with van der Waals surface area (Å²) in [5.74, 6) is 5.94. The van der Waals surface area contributed by atoms with E-state index in [0.29, 0.717) is 24.3 Å². The maximum Gasteiger partial charge on any atom is 0.263 e. The lowest BCUT2D eigenvalue weighted by Gasteiger charge is -2.43. The zero-order chi connectivity index (χ0) is 21.5. The number of carbonyl (C=O) groups excluding carboxylic acids is 1. The van der Waals surface area contributed by atoms with Crippen molar-refractivity contribution in [3.63, 3.8) is 0 Å². The molecule has 8 nitrogen and oxygen atoms in total. The van der Waals surface area contributed by atoms with Crippen LogP contribution in [0.1, 0.15) is 26.7 Å². The van der Waals surface area contributed by atoms with Gasteiger partial charge in [-0.3, -0.25) is 10.0 Å². The lowest BCUT2D eigenvalue weighted by atomic mass is 10.0. The van der Waals surface area contributed by atoms with Crippen LogP contribution in [0.25, 0.3) is 0 Å². The molecule has 1 saturated heterocycles. The average molecular weight is 443 g/mol. The van der Waals surface area contributed by atoms with Gasteiger partial charge >= 0.3 is 0 Å². The Morgan fingerprint density at radius 1 is 1.34 bits per heavy atom. The highest BCUT2D eigenvalue weighted by molar-refractivity contribution is 8.00. The van der Waals surface area contributed by atoms with Crippen LogP contribution in [0.4, 0.5) is 0 Å². The minimum absolute atomic E-state index is 0.0392. The Kier molecular flexibility index (Phi) is 8.36. The Bertz CT molecular complexity index is 859. The second-order valence-corrected chi connectivity index (χ2v) is 10.5. The number of hydrogen-bond donors (Lipinski definition) is 3. The van der Waals surface area contributed by atoms with E-state index in [1.165, 1.54) is 36.0 Å². The average Bonchev–Trinajstić information content (AvgIpc) is 2.69. The first-order valence-corrected chi connectivity index (χ1v) is 11.6. The van der Waals surface area contributed by atoms with Gasteiger partial charge in [-0.05, 0) is 44.5 Å². The standard InChI is InChI=1S/C19H26N2O6S2/c1-19(2)17(18(23)20-24)21(11-14-28-19)29(25,26)16-9-7-15(8-10-16)27-13-6-4-3-5-12-22/h7-10,17,22,24H,3,5,11-14H2,1-2H3,(H,20,23)/t17-/m0/s1. The number of amides is 1. The lowest BCUT2D eigenvalue weighted by Crippen LogP contribution is -2.61. The second-order valence-electron chi connectivity index (χ2n) is 6.89. The zero-order valence-corrected chi connectivity index (χ0v) is 18.1. The van der Waals surface area contributed by atoms with Crippen molar-refractivity contribution in [2.45, 2.75) is 42.4 Å². The molecule has 1 aromatic carbocycles. The number of sulfonamides is 1. The van der Waals surface area contributed by atoms with Crippen LogP contribution < -0.4 is 10.2 Å². The predicted molar refractivity (Wildman–Crippen MR) is 110 cm³/mol. The number of rotatable bonds is 7. The van der Waals surface area contributed by atoms with E-state index in [4.69, 9.17) is 15.1 Å². The number of nitrogens with zero attached hydrogens (tertiary/aromatic N) is 1. The van der Waals surface area contributed by atoms with Crippen molar-refractivity contribution in [2.75, 3.05) is 25.5 Å². The van der Waals surface area contributed by atoms with Gasteiger partial charge in [0.05, 0.1) is 4.90 Å². The number of aliphatic hydroxyl groups excluding tert-OH is 1. The third-order valence-electron chi connectivity index (χ3n) is 4.42. The number of hydrogen-bond acceptors (Lipinski definition) is 7. The molecule has 1 aliphatic rings. The van der Waals surface area contributed by atoms with E-state index < -0.39 is 26.7 Å². The molecule has 1 fully saturated rings. The van der Waals surface area contributed by atoms with Crippen LogP contribution in [0.15, 0.2) is 29.2 Å². The first-order valence-electron chi connectivity index (χ1n) is 9.13. The van der Waals surface area contributed by atoms with E-state index in [9.17, 15) is 13.2 Å². The molecule has 0 saturated carbocycles. The number of hydroxylamine groups is 1. The van der Waals surface area contributed by atoms with E-state index >= 15 is 0 Å². The van der Waals surface area contributed by atoms with Gasteiger partial charge in [0, 0.05) is 30.1 Å². The minimum atomic E-state index is -3.95. The van der Waals surface area contributed by atoms with E-state index in [1.807, 2.05) is 0 Å². The van der Waals surface area contributed by atoms with Gasteiger partial charge in [0.2, 0.25) is 10.0 Å². The van der Waals surface area contributed by atoms with Crippen molar-refractivity contribution in [3.8, 4) is 17.6 Å². The molecule has 1 aromatic rings. The number of benzene rings is 1. The molecular formula is C19H26N2O6S2. The maximum atomic E-state index is 13.1. The molecular weight excluding hydrogens is 416 g/mol. The van der Waals surface area contributed by atoms with Crippen LogP contribution in [0.3, 0.4) is 0 Å². The first-order chi connectivity index (χ1) is 13.7. The number of unbranched alkanes of at least 4 members (excludes halogenated alkanes) is 1. The van der Waals surface area contributed by atoms with Gasteiger partial charge < -0.3 is 9.84 Å². The van der Waals surface area contributed by atoms with Crippen molar-refractivity contribution >= 4 is 27.7 Å². The van der Waals surface area contributed by atoms with Crippen LogP contribution in [0.5, 0.6) is 5.75 Å². The van der Waals surface area contributed by atoms with Crippen molar-refractivity contribution in [3.05, 3.63) is 24.3 Å². The quantitative estimate of drug-likeness (QED) is 0.252. The smallest absolute Gasteiger partial charge is 0.263 e. The highest BCUT2D eigenvalue weighted by Crippen LogP contribution is 2.38. The fourth-order valence-corrected chi connectivity index (χ4v) is 6.10. The molecule has 0 aliphatic carbocycles. The second kappa shape index (κ2) is 10.3. The highest BCUT2D eigenvalue weighted by atomic mass is 32.2. The van der Waals surface area contributed by atoms with Gasteiger partial charge in [-0.25, -0.2) is 13.9 Å². The molecule has 2 rings (SSSR count). The summed E-state index contributed by atoms with van der Waals surface area (Å²) in [6, 6.07) is 4.88. The van der Waals surface area contributed by atoms with E-state index in [-0.39, 0.29) is 24.7 Å². The summed E-state index contributed by atoms with van der Waals surface area (Å²) in [6.07, 6.45) is 1.20. The van der Waals surface area contributed by atoms with Gasteiger partial charge in [-0.15, -0.1) is 0 Å². The van der Waals surface area contributed by atoms with Gasteiger partial charge in [-0.1, -0.05) is 11.8 Å². The minimum Gasteiger partial charge on any atom is -0.481 e. The molecule has 3 N–H and O–H groups in total. The van der Waals surface area contributed by atoms with E-state index in [2.05, 4.69) is 11.8 Å². The molecule has 0 radical (unpaired) electrons. The van der Waals surface area contributed by atoms with Gasteiger partial charge in [-0.2, -0.15) is 16.1 Å². The van der Waals surface area contributed by atoms with Gasteiger partial charge in [0.1, 0.15) is 18.4 Å². The van der Waals surface area contributed by atoms with Gasteiger partial charge in [0.15, 0.2) is 0 Å². The lowest BCUT2D eigenvalue weighted by molar-refractivity contribution is -0.134. The van der Waals surface area contributed by atoms with Crippen molar-refractivity contribution in [1.82, 2.24) is 9.79 Å². The Morgan fingerprint density at radius 2 is 2.03 bits per heavy atom. The molecule has 0 unspecified atom stereocenters. The summed E-state index contributed by atoms with van der Waals surface area (Å²) in [5.41, 5.74) is 1.59. The zero-order valence-electron chi connectivity index (χ0n) is 16.4. The number of nitrogens with one attached hydrogen (secondary N) is 1. The Labute approximate surface area is 175 Å². The molecule has 160 valence electrons. The molecule has 0 aromatic heterocycles. The summed E-state index contributed by atoms with van der Waals surface area (Å²) in [6.45, 7) is 3.97. The fourth-order valence-electron chi connectivity index (χ4n) is 2.99. The topological polar surface area (TPSA) is 116 Å². The molecule has 1 aliphatic heterocycles. The molecule has 10 heteroatoms. The number of thioether (sulfide) groups is 1. The number of ether oxygens (including phenoxy) is 1. The van der Waals surface area contributed by atoms with Crippen molar-refractivity contribution in [1.29, 1.82) is 0 Å². The molecule has 1 heterocycles. The van der Waals surface area contributed by atoms with Crippen LogP contribution >= 0.6 is 11.8 Å². The SMILES string of the molecule is CC1(C)SCCN(S(=O)(=O)c2ccc(OCC#CCCCO)cc2)[C@H]1C(=O)NO. The Hall–Kier alpha value is -1.77. The number of carbonyl (C=O) groups is 1. The summed E-state index contributed by atoms with van der Waals surface area (Å²) < 4.78 is 32.2. The normalized spacial score (nSPS) is 19.1. The summed E-state index contributed by atoms with van der Waals surface area (Å²) in [5, 5.41) is 17.8. The van der Waals surface area contributed by atoms with Gasteiger partial charge in [0.25, 0.3) is 5.91 Å². The molecule has 0 spiro atoms. The summed E-state index contributed by atoms with van der Waals surface area (Å²) in [7, 11) is -3.95. The Balaban J connectivity index is 2.15. The predicted octanol–water partition coefficient (Wildman–Crippen LogP) is 1.23. The fraction of sp³-hybridized carbons (Fsp3) is 0.526. The number of aliphatic hydroxyl groups is 1. The Morgan fingerprint density at radius 3 is 2.66 bits per heavy atom. The van der Waals surface area contributed by atoms with E-state index in [1.54, 1.807) is 19.3 Å². The largest absolute Gasteiger partial charge is 0.481 e. The first kappa shape index (κ1) is 23.5. The van der Waals surface area contributed by atoms with Crippen molar-refractivity contribution < 1.29 is 28.3 Å². The molecule has 1 amide bonds. The third kappa shape index (κ3) is 5.87. The van der Waals surface area contributed by atoms with Crippen molar-refractivity contribution in [2.24, 2.45) is 0 Å². The maximum absolute atomic E-state index is 13.1. The summed E-state index contributed by atoms with van der Waals surface area (Å²) >= 11 is 1.48. The third-order valence-corrected chi connectivity index (χ3v) is 7.65. The van der Waals surface area contributed by atoms with Crippen LogP contribution in [0, 0.1) is 11.8 Å². The molecule has 1 atom stereocenters.